The Kier molecular flexibility index (Phi) is 8.47. The van der Waals surface area contributed by atoms with Gasteiger partial charge >= 0.3 is 0 Å². The molecule has 0 aliphatic carbocycles. The molecule has 0 fully saturated rings. The van der Waals surface area contributed by atoms with Gasteiger partial charge in [0.1, 0.15) is 6.10 Å². The lowest BCUT2D eigenvalue weighted by molar-refractivity contribution is 0.0925. The largest absolute Gasteiger partial charge is 0.384 e. The first kappa shape index (κ1) is 34.8. The number of anilines is 1. The van der Waals surface area contributed by atoms with E-state index in [1.54, 1.807) is 24.3 Å². The molecule has 8 aromatic carbocycles. The summed E-state index contributed by atoms with van der Waals surface area (Å²) in [5.41, 5.74) is 8.59. The van der Waals surface area contributed by atoms with Crippen molar-refractivity contribution in [3.63, 3.8) is 0 Å². The number of aliphatic hydroxyl groups excluding tert-OH is 1. The van der Waals surface area contributed by atoms with Gasteiger partial charge in [-0.1, -0.05) is 170 Å². The maximum absolute atomic E-state index is 15.3. The van der Waals surface area contributed by atoms with Gasteiger partial charge in [-0.25, -0.2) is 4.90 Å². The Morgan fingerprint density at radius 1 is 0.466 bits per heavy atom. The summed E-state index contributed by atoms with van der Waals surface area (Å²) in [4.78, 5) is 45.3. The molecule has 1 aliphatic heterocycles. The van der Waals surface area contributed by atoms with E-state index in [0.29, 0.717) is 39.1 Å². The molecule has 1 N–H and O–H groups in total. The van der Waals surface area contributed by atoms with Gasteiger partial charge in [0.2, 0.25) is 0 Å². The summed E-state index contributed by atoms with van der Waals surface area (Å²) in [6, 6.07) is 60.7. The van der Waals surface area contributed by atoms with E-state index >= 15 is 4.79 Å². The van der Waals surface area contributed by atoms with Crippen LogP contribution >= 0.6 is 0 Å². The summed E-state index contributed by atoms with van der Waals surface area (Å²) < 4.78 is 1.96. The zero-order valence-corrected chi connectivity index (χ0v) is 31.1. The number of rotatable bonds is 8. The number of para-hydroxylation sites is 1. The Labute approximate surface area is 334 Å². The van der Waals surface area contributed by atoms with Crippen molar-refractivity contribution < 1.29 is 19.5 Å². The topological polar surface area (TPSA) is 79.6 Å². The van der Waals surface area contributed by atoms with Gasteiger partial charge < -0.3 is 9.67 Å². The highest BCUT2D eigenvalue weighted by atomic mass is 16.3. The lowest BCUT2D eigenvalue weighted by atomic mass is 9.95. The molecule has 1 atom stereocenters. The van der Waals surface area contributed by atoms with Gasteiger partial charge in [0.05, 0.1) is 33.5 Å². The maximum atomic E-state index is 15.3. The standard InChI is InChI=1S/C52H34N2O4/c55-49(35-19-9-3-10-20-35)37-27-29-41-42-30-28-38(50(56)36-21-11-4-12-22-36)32-46(42)53(45(41)31-37)44-26-14-25-43-47(44)52(58)54(51(43)57)48-39(33-15-5-1-6-16-33)23-13-24-40(48)34-17-7-2-8-18-34/h1-32,49,55H. The molecule has 276 valence electrons. The van der Waals surface area contributed by atoms with Crippen LogP contribution in [0.25, 0.3) is 49.7 Å². The third-order valence-corrected chi connectivity index (χ3v) is 11.1. The summed E-state index contributed by atoms with van der Waals surface area (Å²) in [5.74, 6) is -1.02. The molecule has 2 amide bonds. The molecule has 0 saturated carbocycles. The zero-order chi connectivity index (χ0) is 39.3. The van der Waals surface area contributed by atoms with Crippen molar-refractivity contribution in [1.29, 1.82) is 0 Å². The highest BCUT2D eigenvalue weighted by molar-refractivity contribution is 6.37. The molecule has 0 saturated heterocycles. The molecule has 58 heavy (non-hydrogen) atoms. The highest BCUT2D eigenvalue weighted by Crippen LogP contribution is 2.45. The first-order valence-corrected chi connectivity index (χ1v) is 19.1. The molecule has 0 spiro atoms. The van der Waals surface area contributed by atoms with Crippen molar-refractivity contribution in [2.75, 3.05) is 4.90 Å². The van der Waals surface area contributed by atoms with Crippen LogP contribution in [0.4, 0.5) is 5.69 Å². The summed E-state index contributed by atoms with van der Waals surface area (Å²) in [6.07, 6.45) is -0.918. The number of hydrogen-bond donors (Lipinski definition) is 1. The highest BCUT2D eigenvalue weighted by Gasteiger charge is 2.41. The minimum atomic E-state index is -0.918. The second kappa shape index (κ2) is 14.1. The number of aliphatic hydroxyl groups is 1. The fourth-order valence-corrected chi connectivity index (χ4v) is 8.33. The normalized spacial score (nSPS) is 12.9. The summed E-state index contributed by atoms with van der Waals surface area (Å²) >= 11 is 0. The first-order valence-electron chi connectivity index (χ1n) is 19.1. The number of aromatic nitrogens is 1. The number of imide groups is 1. The fraction of sp³-hybridized carbons (Fsp3) is 0.0192. The summed E-state index contributed by atoms with van der Waals surface area (Å²) in [5, 5.41) is 13.3. The molecule has 2 heterocycles. The number of ketones is 1. The quantitative estimate of drug-likeness (QED) is 0.124. The van der Waals surface area contributed by atoms with Crippen LogP contribution in [0.5, 0.6) is 0 Å². The van der Waals surface area contributed by atoms with Crippen LogP contribution in [-0.2, 0) is 0 Å². The predicted octanol–water partition coefficient (Wildman–Crippen LogP) is 11.2. The third-order valence-electron chi connectivity index (χ3n) is 11.1. The predicted molar refractivity (Wildman–Crippen MR) is 230 cm³/mol. The van der Waals surface area contributed by atoms with Gasteiger partial charge in [-0.3, -0.25) is 14.4 Å². The van der Waals surface area contributed by atoms with Gasteiger partial charge in [0.25, 0.3) is 11.8 Å². The maximum Gasteiger partial charge on any atom is 0.268 e. The van der Waals surface area contributed by atoms with E-state index in [0.717, 1.165) is 38.6 Å². The summed E-state index contributed by atoms with van der Waals surface area (Å²) in [7, 11) is 0. The molecular weight excluding hydrogens is 717 g/mol. The molecule has 1 unspecified atom stereocenters. The van der Waals surface area contributed by atoms with Crippen molar-refractivity contribution in [3.05, 3.63) is 228 Å². The average molecular weight is 751 g/mol. The van der Waals surface area contributed by atoms with Crippen LogP contribution in [0.1, 0.15) is 53.9 Å². The molecule has 0 radical (unpaired) electrons. The Morgan fingerprint density at radius 3 is 1.64 bits per heavy atom. The Hall–Kier alpha value is -7.67. The molecule has 0 bridgehead atoms. The molecule has 1 aromatic heterocycles. The fourth-order valence-electron chi connectivity index (χ4n) is 8.33. The minimum absolute atomic E-state index is 0.138. The average Bonchev–Trinajstić information content (AvgIpc) is 3.75. The summed E-state index contributed by atoms with van der Waals surface area (Å²) in [6.45, 7) is 0. The minimum Gasteiger partial charge on any atom is -0.384 e. The third kappa shape index (κ3) is 5.66. The van der Waals surface area contributed by atoms with E-state index in [-0.39, 0.29) is 16.9 Å². The van der Waals surface area contributed by atoms with Gasteiger partial charge in [-0.2, -0.15) is 0 Å². The van der Waals surface area contributed by atoms with Crippen molar-refractivity contribution in [2.24, 2.45) is 0 Å². The second-order valence-electron chi connectivity index (χ2n) is 14.4. The van der Waals surface area contributed by atoms with E-state index in [1.807, 2.05) is 174 Å². The molecule has 9 aromatic rings. The number of hydrogen-bond acceptors (Lipinski definition) is 4. The van der Waals surface area contributed by atoms with Crippen LogP contribution in [0.15, 0.2) is 194 Å². The van der Waals surface area contributed by atoms with Crippen LogP contribution in [0.3, 0.4) is 0 Å². The molecule has 1 aliphatic rings. The van der Waals surface area contributed by atoms with Crippen LogP contribution in [-0.4, -0.2) is 27.3 Å². The monoisotopic (exact) mass is 750 g/mol. The van der Waals surface area contributed by atoms with Gasteiger partial charge in [-0.05, 0) is 46.5 Å². The Morgan fingerprint density at radius 2 is 1.00 bits per heavy atom. The van der Waals surface area contributed by atoms with Gasteiger partial charge in [0.15, 0.2) is 5.78 Å². The van der Waals surface area contributed by atoms with Crippen molar-refractivity contribution in [1.82, 2.24) is 4.57 Å². The second-order valence-corrected chi connectivity index (χ2v) is 14.4. The number of fused-ring (bicyclic) bond motifs is 4. The molecule has 10 rings (SSSR count). The van der Waals surface area contributed by atoms with Gasteiger partial charge in [0, 0.05) is 33.0 Å². The molecule has 6 heteroatoms. The number of benzene rings is 8. The van der Waals surface area contributed by atoms with Gasteiger partial charge in [-0.15, -0.1) is 0 Å². The van der Waals surface area contributed by atoms with Crippen molar-refractivity contribution in [3.8, 4) is 27.9 Å². The number of nitrogens with zero attached hydrogens (tertiary/aromatic N) is 2. The SMILES string of the molecule is O=C(c1ccccc1)c1ccc2c3ccc(C(O)c4ccccc4)cc3n(-c3cccc4c3C(=O)N(c3c(-c5ccccc5)cccc3-c3ccccc3)C4=O)c2c1. The lowest BCUT2D eigenvalue weighted by Gasteiger charge is -2.23. The van der Waals surface area contributed by atoms with E-state index in [2.05, 4.69) is 0 Å². The zero-order valence-electron chi connectivity index (χ0n) is 31.1. The number of carbonyl (C=O) groups is 3. The first-order chi connectivity index (χ1) is 28.5. The molecule has 6 nitrogen and oxygen atoms in total. The van der Waals surface area contributed by atoms with Crippen LogP contribution in [0.2, 0.25) is 0 Å². The number of amides is 2. The lowest BCUT2D eigenvalue weighted by Crippen LogP contribution is -2.30. The Balaban J connectivity index is 1.21. The smallest absolute Gasteiger partial charge is 0.268 e. The van der Waals surface area contributed by atoms with E-state index in [9.17, 15) is 14.7 Å². The van der Waals surface area contributed by atoms with Crippen molar-refractivity contribution in [2.45, 2.75) is 6.10 Å². The molecular formula is C52H34N2O4. The van der Waals surface area contributed by atoms with Crippen LogP contribution < -0.4 is 4.90 Å². The van der Waals surface area contributed by atoms with E-state index < -0.39 is 17.9 Å². The van der Waals surface area contributed by atoms with Crippen LogP contribution in [0, 0.1) is 0 Å². The number of carbonyl (C=O) groups excluding carboxylic acids is 3. The van der Waals surface area contributed by atoms with E-state index in [4.69, 9.17) is 0 Å². The van der Waals surface area contributed by atoms with Crippen molar-refractivity contribution >= 4 is 45.1 Å². The Bertz CT molecular complexity index is 3010. The van der Waals surface area contributed by atoms with E-state index in [1.165, 1.54) is 4.90 Å².